The normalized spacial score (nSPS) is 31.7. The number of thiazole rings is 1. The van der Waals surface area contributed by atoms with Crippen molar-refractivity contribution in [1.82, 2.24) is 4.57 Å². The highest BCUT2D eigenvalue weighted by molar-refractivity contribution is 8.00. The molecule has 0 radical (unpaired) electrons. The topological polar surface area (TPSA) is 48.3 Å². The zero-order valence-electron chi connectivity index (χ0n) is 14.6. The Balaban J connectivity index is 1.60. The van der Waals surface area contributed by atoms with Crippen molar-refractivity contribution < 1.29 is 9.53 Å². The fraction of sp³-hybridized carbons (Fsp3) is 0.579. The number of carbonyl (C=O) groups is 1. The molecule has 7 heteroatoms. The highest BCUT2D eigenvalue weighted by Gasteiger charge is 2.55. The minimum Gasteiger partial charge on any atom is -0.465 e. The Labute approximate surface area is 164 Å². The van der Waals surface area contributed by atoms with E-state index in [0.29, 0.717) is 23.7 Å². The van der Waals surface area contributed by atoms with E-state index in [-0.39, 0.29) is 17.4 Å². The van der Waals surface area contributed by atoms with E-state index in [2.05, 4.69) is 17.5 Å². The Hall–Kier alpha value is -1.05. The van der Waals surface area contributed by atoms with Crippen LogP contribution >= 0.6 is 34.4 Å². The molecule has 2 aromatic rings. The maximum absolute atomic E-state index is 12.7. The molecule has 2 bridgehead atoms. The minimum absolute atomic E-state index is 0.0237. The van der Waals surface area contributed by atoms with Crippen LogP contribution in [0.1, 0.15) is 41.9 Å². The quantitative estimate of drug-likeness (QED) is 0.713. The number of hydrogen-bond donors (Lipinski definition) is 0. The minimum atomic E-state index is -0.321. The zero-order chi connectivity index (χ0) is 17.8. The van der Waals surface area contributed by atoms with E-state index >= 15 is 0 Å². The first-order valence-electron chi connectivity index (χ1n) is 9.26. The summed E-state index contributed by atoms with van der Waals surface area (Å²) in [5, 5.41) is 3.74. The van der Waals surface area contributed by atoms with Gasteiger partial charge in [-0.2, -0.15) is 0 Å². The fourth-order valence-corrected chi connectivity index (χ4v) is 9.32. The maximum atomic E-state index is 12.7. The molecular weight excluding hydrogens is 386 g/mol. The first kappa shape index (κ1) is 17.1. The predicted molar refractivity (Wildman–Crippen MR) is 105 cm³/mol. The van der Waals surface area contributed by atoms with Crippen molar-refractivity contribution in [3.63, 3.8) is 0 Å². The van der Waals surface area contributed by atoms with E-state index in [9.17, 15) is 9.59 Å². The summed E-state index contributed by atoms with van der Waals surface area (Å²) in [6.45, 7) is 2.18. The van der Waals surface area contributed by atoms with Gasteiger partial charge < -0.3 is 4.74 Å². The third-order valence-corrected chi connectivity index (χ3v) is 9.91. The SMILES string of the molecule is CCOC(=O)Cn1c2c(sc1=O)[C@H](c1cccs1)C1C3CCC(C3)C1S2. The Bertz CT molecular complexity index is 884. The summed E-state index contributed by atoms with van der Waals surface area (Å²) in [4.78, 5) is 27.3. The summed E-state index contributed by atoms with van der Waals surface area (Å²) in [6.07, 6.45) is 3.99. The molecule has 2 saturated carbocycles. The number of hydrogen-bond acceptors (Lipinski definition) is 6. The second-order valence-electron chi connectivity index (χ2n) is 7.41. The summed E-state index contributed by atoms with van der Waals surface area (Å²) in [5.41, 5.74) is 0. The van der Waals surface area contributed by atoms with Gasteiger partial charge in [0.2, 0.25) is 0 Å². The number of ether oxygens (including phenoxy) is 1. The average molecular weight is 408 g/mol. The van der Waals surface area contributed by atoms with E-state index in [0.717, 1.165) is 16.9 Å². The van der Waals surface area contributed by atoms with Gasteiger partial charge in [-0.15, -0.1) is 23.1 Å². The molecule has 0 amide bonds. The number of aromatic nitrogens is 1. The van der Waals surface area contributed by atoms with Crippen LogP contribution in [0.4, 0.5) is 0 Å². The number of nitrogens with zero attached hydrogens (tertiary/aromatic N) is 1. The molecule has 3 heterocycles. The van der Waals surface area contributed by atoms with Gasteiger partial charge in [0.25, 0.3) is 0 Å². The predicted octanol–water partition coefficient (Wildman–Crippen LogP) is 4.19. The van der Waals surface area contributed by atoms with Gasteiger partial charge in [-0.1, -0.05) is 17.4 Å². The van der Waals surface area contributed by atoms with Crippen LogP contribution in [-0.2, 0) is 16.1 Å². The lowest BCUT2D eigenvalue weighted by atomic mass is 9.77. The third kappa shape index (κ3) is 2.54. The van der Waals surface area contributed by atoms with Crippen LogP contribution in [0.3, 0.4) is 0 Å². The molecule has 4 unspecified atom stereocenters. The standard InChI is InChI=1S/C19H21NO3S3/c1-2-23-13(21)9-20-18-17(26-19(20)22)15(12-4-3-7-24-12)14-10-5-6-11(8-10)16(14)25-18/h3-4,7,10-11,14-16H,2,5-6,8-9H2,1H3/t10?,11?,14?,15-,16?/m1/s1. The van der Waals surface area contributed by atoms with Crippen molar-refractivity contribution >= 4 is 40.4 Å². The van der Waals surface area contributed by atoms with Crippen molar-refractivity contribution in [3.05, 3.63) is 36.9 Å². The molecule has 5 atom stereocenters. The van der Waals surface area contributed by atoms with Crippen molar-refractivity contribution in [2.75, 3.05) is 6.61 Å². The molecule has 0 spiro atoms. The summed E-state index contributed by atoms with van der Waals surface area (Å²) < 4.78 is 6.77. The Morgan fingerprint density at radius 1 is 1.35 bits per heavy atom. The van der Waals surface area contributed by atoms with Gasteiger partial charge in [-0.25, -0.2) is 0 Å². The Kier molecular flexibility index (Phi) is 4.29. The lowest BCUT2D eigenvalue weighted by molar-refractivity contribution is -0.144. The van der Waals surface area contributed by atoms with Crippen LogP contribution in [0, 0.1) is 17.8 Å². The average Bonchev–Trinajstić information content (AvgIpc) is 3.38. The van der Waals surface area contributed by atoms with Crippen LogP contribution in [-0.4, -0.2) is 22.4 Å². The monoisotopic (exact) mass is 407 g/mol. The fourth-order valence-electron chi connectivity index (χ4n) is 5.21. The van der Waals surface area contributed by atoms with E-state index < -0.39 is 0 Å². The Morgan fingerprint density at radius 2 is 2.19 bits per heavy atom. The zero-order valence-corrected chi connectivity index (χ0v) is 17.0. The number of rotatable bonds is 4. The molecular formula is C19H21NO3S3. The molecule has 0 saturated heterocycles. The van der Waals surface area contributed by atoms with Gasteiger partial charge in [-0.3, -0.25) is 14.2 Å². The van der Waals surface area contributed by atoms with E-state index in [1.807, 2.05) is 11.8 Å². The van der Waals surface area contributed by atoms with Gasteiger partial charge in [0.1, 0.15) is 6.54 Å². The molecule has 5 rings (SSSR count). The van der Waals surface area contributed by atoms with Gasteiger partial charge >= 0.3 is 10.8 Å². The summed E-state index contributed by atoms with van der Waals surface area (Å²) in [5.74, 6) is 2.19. The number of fused-ring (bicyclic) bond motifs is 6. The molecule has 1 aliphatic heterocycles. The number of esters is 1. The first-order valence-corrected chi connectivity index (χ1v) is 11.8. The molecule has 26 heavy (non-hydrogen) atoms. The summed E-state index contributed by atoms with van der Waals surface area (Å²) in [6, 6.07) is 4.33. The van der Waals surface area contributed by atoms with Gasteiger partial charge in [0, 0.05) is 20.9 Å². The molecule has 0 N–H and O–H groups in total. The highest BCUT2D eigenvalue weighted by atomic mass is 32.2. The molecule has 2 aliphatic carbocycles. The summed E-state index contributed by atoms with van der Waals surface area (Å²) in [7, 11) is 0. The van der Waals surface area contributed by atoms with Crippen molar-refractivity contribution in [2.24, 2.45) is 17.8 Å². The van der Waals surface area contributed by atoms with E-state index in [1.165, 1.54) is 40.4 Å². The Morgan fingerprint density at radius 3 is 2.96 bits per heavy atom. The van der Waals surface area contributed by atoms with Gasteiger partial charge in [0.15, 0.2) is 0 Å². The van der Waals surface area contributed by atoms with Crippen LogP contribution in [0.5, 0.6) is 0 Å². The lowest BCUT2D eigenvalue weighted by Crippen LogP contribution is -2.34. The van der Waals surface area contributed by atoms with Crippen LogP contribution in [0.15, 0.2) is 27.3 Å². The molecule has 4 nitrogen and oxygen atoms in total. The van der Waals surface area contributed by atoms with E-state index in [4.69, 9.17) is 4.74 Å². The second-order valence-corrected chi connectivity index (χ2v) is 10.6. The smallest absolute Gasteiger partial charge is 0.326 e. The van der Waals surface area contributed by atoms with Gasteiger partial charge in [0.05, 0.1) is 11.6 Å². The molecule has 2 fully saturated rings. The van der Waals surface area contributed by atoms with E-state index in [1.54, 1.807) is 22.8 Å². The van der Waals surface area contributed by atoms with Crippen molar-refractivity contribution in [3.8, 4) is 0 Å². The van der Waals surface area contributed by atoms with Crippen LogP contribution < -0.4 is 4.87 Å². The molecule has 0 aromatic carbocycles. The van der Waals surface area contributed by atoms with Gasteiger partial charge in [-0.05, 0) is 55.4 Å². The van der Waals surface area contributed by atoms with Crippen LogP contribution in [0.2, 0.25) is 0 Å². The molecule has 138 valence electrons. The number of thioether (sulfide) groups is 1. The third-order valence-electron chi connectivity index (χ3n) is 6.13. The maximum Gasteiger partial charge on any atom is 0.326 e. The largest absolute Gasteiger partial charge is 0.465 e. The summed E-state index contributed by atoms with van der Waals surface area (Å²) >= 11 is 5.02. The number of thiophene rings is 1. The van der Waals surface area contributed by atoms with Crippen molar-refractivity contribution in [1.29, 1.82) is 0 Å². The lowest BCUT2D eigenvalue weighted by Gasteiger charge is -2.40. The molecule has 3 aliphatic rings. The number of carbonyl (C=O) groups excluding carboxylic acids is 1. The first-order chi connectivity index (χ1) is 12.7. The van der Waals surface area contributed by atoms with Crippen molar-refractivity contribution in [2.45, 2.75) is 48.9 Å². The second kappa shape index (κ2) is 6.53. The van der Waals surface area contributed by atoms with Crippen LogP contribution in [0.25, 0.3) is 0 Å². The highest BCUT2D eigenvalue weighted by Crippen LogP contribution is 2.64. The molecule has 2 aromatic heterocycles.